The monoisotopic (exact) mass is 275 g/mol. The van der Waals surface area contributed by atoms with E-state index in [0.717, 1.165) is 18.4 Å². The third-order valence-corrected chi connectivity index (χ3v) is 3.30. The maximum atomic E-state index is 3.51. The van der Waals surface area contributed by atoms with Gasteiger partial charge in [-0.05, 0) is 35.4 Å². The van der Waals surface area contributed by atoms with Crippen LogP contribution in [0.2, 0.25) is 0 Å². The molecule has 1 rings (SSSR count). The molecule has 0 atom stereocenters. The molecule has 0 saturated heterocycles. The molecule has 0 saturated carbocycles. The minimum Gasteiger partial charge on any atom is -0.298 e. The molecule has 0 aliphatic rings. The summed E-state index contributed by atoms with van der Waals surface area (Å²) in [7, 11) is 0. The lowest BCUT2D eigenvalue weighted by Gasteiger charge is -2.20. The number of halogens is 1. The third-order valence-electron chi connectivity index (χ3n) is 2.21. The highest BCUT2D eigenvalue weighted by Crippen LogP contribution is 2.10. The molecule has 1 heterocycles. The molecule has 0 unspecified atom stereocenters. The molecule has 1 nitrogen and oxygen atoms in total. The van der Waals surface area contributed by atoms with Crippen LogP contribution in [-0.4, -0.2) is 23.3 Å². The Morgan fingerprint density at radius 2 is 2.29 bits per heavy atom. The van der Waals surface area contributed by atoms with Gasteiger partial charge in [-0.15, -0.1) is 0 Å². The highest BCUT2D eigenvalue weighted by molar-refractivity contribution is 9.09. The van der Waals surface area contributed by atoms with E-state index in [-0.39, 0.29) is 0 Å². The Bertz CT molecular complexity index is 223. The Morgan fingerprint density at radius 1 is 1.43 bits per heavy atom. The number of rotatable bonds is 7. The quantitative estimate of drug-likeness (QED) is 0.686. The summed E-state index contributed by atoms with van der Waals surface area (Å²) in [6.45, 7) is 5.72. The summed E-state index contributed by atoms with van der Waals surface area (Å²) in [5.74, 6) is 0. The van der Waals surface area contributed by atoms with E-state index in [1.807, 2.05) is 0 Å². The van der Waals surface area contributed by atoms with E-state index >= 15 is 0 Å². The first-order valence-corrected chi connectivity index (χ1v) is 7.22. The lowest BCUT2D eigenvalue weighted by atomic mass is 10.2. The standard InChI is InChI=1S/C11H18BrNS/c1-2-3-6-13(7-5-12)9-11-4-8-14-10-11/h4,8,10H,2-3,5-7,9H2,1H3. The SMILES string of the molecule is CCCCN(CCBr)Cc1ccsc1. The van der Waals surface area contributed by atoms with E-state index in [1.54, 1.807) is 11.3 Å². The maximum Gasteiger partial charge on any atom is 0.0242 e. The lowest BCUT2D eigenvalue weighted by Crippen LogP contribution is -2.26. The molecule has 14 heavy (non-hydrogen) atoms. The highest BCUT2D eigenvalue weighted by atomic mass is 79.9. The van der Waals surface area contributed by atoms with Gasteiger partial charge in [-0.2, -0.15) is 11.3 Å². The number of hydrogen-bond acceptors (Lipinski definition) is 2. The summed E-state index contributed by atoms with van der Waals surface area (Å²) in [5.41, 5.74) is 1.45. The highest BCUT2D eigenvalue weighted by Gasteiger charge is 2.04. The fourth-order valence-corrected chi connectivity index (χ4v) is 2.57. The summed E-state index contributed by atoms with van der Waals surface area (Å²) in [5, 5.41) is 5.47. The van der Waals surface area contributed by atoms with Crippen molar-refractivity contribution in [2.45, 2.75) is 26.3 Å². The summed E-state index contributed by atoms with van der Waals surface area (Å²) >= 11 is 5.29. The van der Waals surface area contributed by atoms with Gasteiger partial charge in [0.15, 0.2) is 0 Å². The van der Waals surface area contributed by atoms with Gasteiger partial charge < -0.3 is 0 Å². The maximum absolute atomic E-state index is 3.51. The summed E-state index contributed by atoms with van der Waals surface area (Å²) in [6, 6.07) is 2.22. The van der Waals surface area contributed by atoms with Gasteiger partial charge in [0, 0.05) is 18.4 Å². The van der Waals surface area contributed by atoms with Crippen LogP contribution in [0.15, 0.2) is 16.8 Å². The first-order valence-electron chi connectivity index (χ1n) is 5.16. The molecule has 0 spiro atoms. The molecule has 0 amide bonds. The molecule has 3 heteroatoms. The smallest absolute Gasteiger partial charge is 0.0242 e. The van der Waals surface area contributed by atoms with E-state index in [0.29, 0.717) is 0 Å². The number of unbranched alkanes of at least 4 members (excludes halogenated alkanes) is 1. The van der Waals surface area contributed by atoms with Crippen LogP contribution < -0.4 is 0 Å². The van der Waals surface area contributed by atoms with Gasteiger partial charge in [-0.25, -0.2) is 0 Å². The summed E-state index contributed by atoms with van der Waals surface area (Å²) < 4.78 is 0. The molecule has 0 aliphatic carbocycles. The lowest BCUT2D eigenvalue weighted by molar-refractivity contribution is 0.279. The van der Waals surface area contributed by atoms with Crippen molar-refractivity contribution in [3.05, 3.63) is 22.4 Å². The van der Waals surface area contributed by atoms with Crippen LogP contribution >= 0.6 is 27.3 Å². The van der Waals surface area contributed by atoms with Crippen LogP contribution in [0.4, 0.5) is 0 Å². The second-order valence-electron chi connectivity index (χ2n) is 3.45. The topological polar surface area (TPSA) is 3.24 Å². The molecule has 0 bridgehead atoms. The second kappa shape index (κ2) is 7.43. The van der Waals surface area contributed by atoms with Crippen molar-refractivity contribution in [2.75, 3.05) is 18.4 Å². The van der Waals surface area contributed by atoms with E-state index in [4.69, 9.17) is 0 Å². The first-order chi connectivity index (χ1) is 6.86. The average Bonchev–Trinajstić information content (AvgIpc) is 2.67. The molecule has 0 aromatic carbocycles. The van der Waals surface area contributed by atoms with Crippen molar-refractivity contribution in [3.63, 3.8) is 0 Å². The molecule has 80 valence electrons. The van der Waals surface area contributed by atoms with Crippen LogP contribution in [0.25, 0.3) is 0 Å². The van der Waals surface area contributed by atoms with Crippen LogP contribution in [0.1, 0.15) is 25.3 Å². The van der Waals surface area contributed by atoms with Gasteiger partial charge in [0.25, 0.3) is 0 Å². The van der Waals surface area contributed by atoms with Gasteiger partial charge in [-0.3, -0.25) is 4.90 Å². The number of thiophene rings is 1. The van der Waals surface area contributed by atoms with Crippen LogP contribution in [-0.2, 0) is 6.54 Å². The van der Waals surface area contributed by atoms with Crippen LogP contribution in [0.5, 0.6) is 0 Å². The minimum absolute atomic E-state index is 1.07. The predicted molar refractivity (Wildman–Crippen MR) is 68.3 cm³/mol. The number of nitrogens with zero attached hydrogens (tertiary/aromatic N) is 1. The van der Waals surface area contributed by atoms with Crippen molar-refractivity contribution in [1.29, 1.82) is 0 Å². The molecule has 0 fully saturated rings. The van der Waals surface area contributed by atoms with Crippen molar-refractivity contribution >= 4 is 27.3 Å². The summed E-state index contributed by atoms with van der Waals surface area (Å²) in [6.07, 6.45) is 2.58. The van der Waals surface area contributed by atoms with E-state index < -0.39 is 0 Å². The Labute approximate surface area is 99.3 Å². The van der Waals surface area contributed by atoms with Crippen molar-refractivity contribution in [1.82, 2.24) is 4.90 Å². The largest absolute Gasteiger partial charge is 0.298 e. The Kier molecular flexibility index (Phi) is 6.48. The zero-order valence-electron chi connectivity index (χ0n) is 8.71. The molecular weight excluding hydrogens is 258 g/mol. The fraction of sp³-hybridized carbons (Fsp3) is 0.636. The molecule has 1 aromatic heterocycles. The molecular formula is C11H18BrNS. The van der Waals surface area contributed by atoms with Gasteiger partial charge in [-0.1, -0.05) is 29.3 Å². The molecule has 1 aromatic rings. The van der Waals surface area contributed by atoms with Gasteiger partial charge >= 0.3 is 0 Å². The zero-order chi connectivity index (χ0) is 10.2. The first kappa shape index (κ1) is 12.2. The fourth-order valence-electron chi connectivity index (χ4n) is 1.41. The average molecular weight is 276 g/mol. The Morgan fingerprint density at radius 3 is 2.86 bits per heavy atom. The Hall–Kier alpha value is 0.140. The second-order valence-corrected chi connectivity index (χ2v) is 5.02. The zero-order valence-corrected chi connectivity index (χ0v) is 11.1. The summed E-state index contributed by atoms with van der Waals surface area (Å²) in [4.78, 5) is 2.51. The Balaban J connectivity index is 2.34. The molecule has 0 N–H and O–H groups in total. The normalized spacial score (nSPS) is 11.1. The van der Waals surface area contributed by atoms with Crippen LogP contribution in [0, 0.1) is 0 Å². The van der Waals surface area contributed by atoms with Gasteiger partial charge in [0.1, 0.15) is 0 Å². The molecule has 0 radical (unpaired) electrons. The van der Waals surface area contributed by atoms with Gasteiger partial charge in [0.05, 0.1) is 0 Å². The predicted octanol–water partition coefficient (Wildman–Crippen LogP) is 3.75. The van der Waals surface area contributed by atoms with Crippen molar-refractivity contribution < 1.29 is 0 Å². The number of alkyl halides is 1. The third kappa shape index (κ3) is 4.58. The van der Waals surface area contributed by atoms with E-state index in [1.165, 1.54) is 24.9 Å². The van der Waals surface area contributed by atoms with Crippen molar-refractivity contribution in [2.24, 2.45) is 0 Å². The van der Waals surface area contributed by atoms with Crippen molar-refractivity contribution in [3.8, 4) is 0 Å². The van der Waals surface area contributed by atoms with Crippen LogP contribution in [0.3, 0.4) is 0 Å². The minimum atomic E-state index is 1.07. The van der Waals surface area contributed by atoms with E-state index in [9.17, 15) is 0 Å². The molecule has 0 aliphatic heterocycles. The van der Waals surface area contributed by atoms with Gasteiger partial charge in [0.2, 0.25) is 0 Å². The number of hydrogen-bond donors (Lipinski definition) is 0. The van der Waals surface area contributed by atoms with E-state index in [2.05, 4.69) is 44.6 Å².